The van der Waals surface area contributed by atoms with E-state index in [4.69, 9.17) is 4.74 Å². The Morgan fingerprint density at radius 1 is 1.25 bits per heavy atom. The number of hydrogen-bond donors (Lipinski definition) is 1. The first-order valence-corrected chi connectivity index (χ1v) is 10.7. The molecule has 1 aliphatic rings. The highest BCUT2D eigenvalue weighted by atomic mass is 32.2. The van der Waals surface area contributed by atoms with Crippen molar-refractivity contribution >= 4 is 45.9 Å². The van der Waals surface area contributed by atoms with Gasteiger partial charge in [-0.05, 0) is 24.8 Å². The van der Waals surface area contributed by atoms with Crippen LogP contribution in [-0.4, -0.2) is 41.6 Å². The SMILES string of the molecule is CCOC(=O)c1c(-c2ccc(C)cc2)csc1NC(=O)CN1C=CSCC1=O. The molecule has 1 aliphatic heterocycles. The van der Waals surface area contributed by atoms with Gasteiger partial charge in [0.25, 0.3) is 0 Å². The van der Waals surface area contributed by atoms with Crippen LogP contribution in [0.2, 0.25) is 0 Å². The minimum atomic E-state index is -0.486. The van der Waals surface area contributed by atoms with E-state index in [1.54, 1.807) is 18.5 Å². The van der Waals surface area contributed by atoms with Crippen molar-refractivity contribution in [3.63, 3.8) is 0 Å². The van der Waals surface area contributed by atoms with Crippen molar-refractivity contribution in [2.45, 2.75) is 13.8 Å². The summed E-state index contributed by atoms with van der Waals surface area (Å²) in [7, 11) is 0. The van der Waals surface area contributed by atoms with Crippen LogP contribution in [0.1, 0.15) is 22.8 Å². The molecule has 8 heteroatoms. The second kappa shape index (κ2) is 9.07. The van der Waals surface area contributed by atoms with Gasteiger partial charge in [-0.2, -0.15) is 0 Å². The number of carbonyl (C=O) groups is 3. The Labute approximate surface area is 171 Å². The molecule has 28 heavy (non-hydrogen) atoms. The van der Waals surface area contributed by atoms with Crippen LogP contribution >= 0.6 is 23.1 Å². The van der Waals surface area contributed by atoms with Crippen molar-refractivity contribution < 1.29 is 19.1 Å². The molecular formula is C20H20N2O4S2. The molecule has 1 aromatic heterocycles. The van der Waals surface area contributed by atoms with E-state index < -0.39 is 5.97 Å². The lowest BCUT2D eigenvalue weighted by atomic mass is 10.0. The summed E-state index contributed by atoms with van der Waals surface area (Å²) in [6.07, 6.45) is 1.59. The summed E-state index contributed by atoms with van der Waals surface area (Å²) in [5.41, 5.74) is 3.03. The van der Waals surface area contributed by atoms with Crippen molar-refractivity contribution in [3.8, 4) is 11.1 Å². The van der Waals surface area contributed by atoms with E-state index in [1.807, 2.05) is 36.6 Å². The number of thioether (sulfide) groups is 1. The van der Waals surface area contributed by atoms with Gasteiger partial charge in [0.1, 0.15) is 17.1 Å². The number of ether oxygens (including phenoxy) is 1. The molecule has 0 atom stereocenters. The Balaban J connectivity index is 1.85. The molecule has 146 valence electrons. The third-order valence-corrected chi connectivity index (χ3v) is 5.69. The van der Waals surface area contributed by atoms with Crippen LogP contribution in [0.25, 0.3) is 11.1 Å². The molecule has 1 aromatic carbocycles. The summed E-state index contributed by atoms with van der Waals surface area (Å²) in [4.78, 5) is 38.3. The Hall–Kier alpha value is -2.58. The van der Waals surface area contributed by atoms with Gasteiger partial charge in [0, 0.05) is 17.1 Å². The lowest BCUT2D eigenvalue weighted by Gasteiger charge is -2.20. The maximum absolute atomic E-state index is 12.6. The van der Waals surface area contributed by atoms with E-state index in [-0.39, 0.29) is 25.0 Å². The van der Waals surface area contributed by atoms with E-state index in [0.29, 0.717) is 21.9 Å². The summed E-state index contributed by atoms with van der Waals surface area (Å²) >= 11 is 2.65. The zero-order valence-corrected chi connectivity index (χ0v) is 17.2. The van der Waals surface area contributed by atoms with Crippen LogP contribution in [0.3, 0.4) is 0 Å². The summed E-state index contributed by atoms with van der Waals surface area (Å²) in [6, 6.07) is 7.79. The Morgan fingerprint density at radius 2 is 2.00 bits per heavy atom. The number of nitrogens with one attached hydrogen (secondary N) is 1. The average molecular weight is 417 g/mol. The van der Waals surface area contributed by atoms with Gasteiger partial charge < -0.3 is 15.0 Å². The number of nitrogens with zero attached hydrogens (tertiary/aromatic N) is 1. The van der Waals surface area contributed by atoms with Gasteiger partial charge in [-0.3, -0.25) is 9.59 Å². The Morgan fingerprint density at radius 3 is 2.68 bits per heavy atom. The highest BCUT2D eigenvalue weighted by Crippen LogP contribution is 2.36. The fourth-order valence-electron chi connectivity index (χ4n) is 2.67. The lowest BCUT2D eigenvalue weighted by Crippen LogP contribution is -2.36. The van der Waals surface area contributed by atoms with Crippen LogP contribution in [0.4, 0.5) is 5.00 Å². The van der Waals surface area contributed by atoms with E-state index >= 15 is 0 Å². The number of hydrogen-bond acceptors (Lipinski definition) is 6. The van der Waals surface area contributed by atoms with Gasteiger partial charge in [0.15, 0.2) is 0 Å². The summed E-state index contributed by atoms with van der Waals surface area (Å²) in [5.74, 6) is -0.665. The first-order chi connectivity index (χ1) is 13.5. The molecule has 2 amide bonds. The van der Waals surface area contributed by atoms with Gasteiger partial charge in [-0.1, -0.05) is 29.8 Å². The summed E-state index contributed by atoms with van der Waals surface area (Å²) in [5, 5.41) is 6.79. The van der Waals surface area contributed by atoms with Crippen molar-refractivity contribution in [1.29, 1.82) is 0 Å². The molecule has 2 heterocycles. The molecule has 0 radical (unpaired) electrons. The standard InChI is InChI=1S/C20H20N2O4S2/c1-3-26-20(25)18-15(14-6-4-13(2)5-7-14)11-28-19(18)21-16(23)10-22-8-9-27-12-17(22)24/h4-9,11H,3,10,12H2,1-2H3,(H,21,23). The molecule has 0 spiro atoms. The molecule has 0 unspecified atom stereocenters. The number of rotatable bonds is 6. The average Bonchev–Trinajstić information content (AvgIpc) is 3.08. The number of carbonyl (C=O) groups excluding carboxylic acids is 3. The van der Waals surface area contributed by atoms with Crippen molar-refractivity contribution in [1.82, 2.24) is 4.90 Å². The van der Waals surface area contributed by atoms with Crippen LogP contribution in [0, 0.1) is 6.92 Å². The number of esters is 1. The number of aryl methyl sites for hydroxylation is 1. The van der Waals surface area contributed by atoms with Crippen LogP contribution in [0.5, 0.6) is 0 Å². The topological polar surface area (TPSA) is 75.7 Å². The summed E-state index contributed by atoms with van der Waals surface area (Å²) in [6.45, 7) is 3.86. The Bertz CT molecular complexity index is 919. The van der Waals surface area contributed by atoms with Gasteiger partial charge in [-0.25, -0.2) is 4.79 Å². The molecular weight excluding hydrogens is 396 g/mol. The second-order valence-corrected chi connectivity index (χ2v) is 7.88. The molecule has 0 aliphatic carbocycles. The fraction of sp³-hybridized carbons (Fsp3) is 0.250. The largest absolute Gasteiger partial charge is 0.462 e. The lowest BCUT2D eigenvalue weighted by molar-refractivity contribution is -0.129. The summed E-state index contributed by atoms with van der Waals surface area (Å²) < 4.78 is 5.20. The zero-order chi connectivity index (χ0) is 20.1. The third-order valence-electron chi connectivity index (χ3n) is 4.06. The molecule has 0 saturated carbocycles. The highest BCUT2D eigenvalue weighted by molar-refractivity contribution is 8.02. The van der Waals surface area contributed by atoms with Crippen LogP contribution in [0.15, 0.2) is 41.3 Å². The molecule has 1 N–H and O–H groups in total. The van der Waals surface area contributed by atoms with Crippen molar-refractivity contribution in [2.75, 3.05) is 24.2 Å². The molecule has 6 nitrogen and oxygen atoms in total. The number of anilines is 1. The molecule has 2 aromatic rings. The molecule has 0 bridgehead atoms. The van der Waals surface area contributed by atoms with Crippen LogP contribution in [-0.2, 0) is 14.3 Å². The maximum atomic E-state index is 12.6. The first kappa shape index (κ1) is 20.2. The zero-order valence-electron chi connectivity index (χ0n) is 15.6. The number of amides is 2. The van der Waals surface area contributed by atoms with Gasteiger partial charge in [-0.15, -0.1) is 23.1 Å². The highest BCUT2D eigenvalue weighted by Gasteiger charge is 2.24. The first-order valence-electron chi connectivity index (χ1n) is 8.72. The Kier molecular flexibility index (Phi) is 6.53. The van der Waals surface area contributed by atoms with E-state index in [0.717, 1.165) is 11.1 Å². The van der Waals surface area contributed by atoms with Crippen molar-refractivity contribution in [3.05, 3.63) is 52.4 Å². The van der Waals surface area contributed by atoms with Gasteiger partial charge >= 0.3 is 5.97 Å². The smallest absolute Gasteiger partial charge is 0.341 e. The van der Waals surface area contributed by atoms with Gasteiger partial charge in [0.05, 0.1) is 12.4 Å². The van der Waals surface area contributed by atoms with E-state index in [2.05, 4.69) is 5.32 Å². The predicted octanol–water partition coefficient (Wildman–Crippen LogP) is 3.89. The van der Waals surface area contributed by atoms with E-state index in [9.17, 15) is 14.4 Å². The predicted molar refractivity (Wildman–Crippen MR) is 112 cm³/mol. The fourth-order valence-corrected chi connectivity index (χ4v) is 4.28. The second-order valence-electron chi connectivity index (χ2n) is 6.11. The number of thiophene rings is 1. The number of benzene rings is 1. The van der Waals surface area contributed by atoms with Crippen LogP contribution < -0.4 is 5.32 Å². The minimum absolute atomic E-state index is 0.101. The maximum Gasteiger partial charge on any atom is 0.341 e. The minimum Gasteiger partial charge on any atom is -0.462 e. The molecule has 3 rings (SSSR count). The van der Waals surface area contributed by atoms with Gasteiger partial charge in [0.2, 0.25) is 11.8 Å². The normalized spacial score (nSPS) is 13.5. The molecule has 0 saturated heterocycles. The monoisotopic (exact) mass is 416 g/mol. The van der Waals surface area contributed by atoms with E-state index in [1.165, 1.54) is 28.0 Å². The van der Waals surface area contributed by atoms with Crippen molar-refractivity contribution in [2.24, 2.45) is 0 Å². The molecule has 0 fully saturated rings. The quantitative estimate of drug-likeness (QED) is 0.723. The third kappa shape index (κ3) is 4.63.